The third-order valence-electron chi connectivity index (χ3n) is 4.26. The zero-order chi connectivity index (χ0) is 17.8. The second-order valence-corrected chi connectivity index (χ2v) is 7.24. The smallest absolute Gasteiger partial charge is 0.410 e. The highest BCUT2D eigenvalue weighted by molar-refractivity contribution is 6.12. The summed E-state index contributed by atoms with van der Waals surface area (Å²) in [5, 5.41) is 8.65. The summed E-state index contributed by atoms with van der Waals surface area (Å²) in [5.41, 5.74) is 3.14. The van der Waals surface area contributed by atoms with Gasteiger partial charge < -0.3 is 9.64 Å². The van der Waals surface area contributed by atoms with Gasteiger partial charge in [0.1, 0.15) is 11.3 Å². The van der Waals surface area contributed by atoms with Gasteiger partial charge in [-0.25, -0.2) is 4.79 Å². The van der Waals surface area contributed by atoms with E-state index >= 15 is 0 Å². The molecule has 1 aromatic heterocycles. The molecule has 0 N–H and O–H groups in total. The molecule has 25 heavy (non-hydrogen) atoms. The molecule has 7 nitrogen and oxygen atoms in total. The highest BCUT2D eigenvalue weighted by atomic mass is 16.6. The summed E-state index contributed by atoms with van der Waals surface area (Å²) in [4.78, 5) is 30.6. The lowest BCUT2D eigenvalue weighted by atomic mass is 9.96. The van der Waals surface area contributed by atoms with Gasteiger partial charge in [-0.15, -0.1) is 10.2 Å². The molecule has 3 heterocycles. The van der Waals surface area contributed by atoms with Crippen molar-refractivity contribution < 1.29 is 14.3 Å². The van der Waals surface area contributed by atoms with Gasteiger partial charge in [-0.2, -0.15) is 0 Å². The molecule has 0 saturated carbocycles. The van der Waals surface area contributed by atoms with Crippen LogP contribution in [-0.2, 0) is 17.7 Å². The molecule has 0 spiro atoms. The van der Waals surface area contributed by atoms with Crippen molar-refractivity contribution in [2.45, 2.75) is 39.3 Å². The number of ether oxygens (including phenoxy) is 1. The highest BCUT2D eigenvalue weighted by Gasteiger charge is 2.30. The number of nitrogens with zero attached hydrogens (tertiary/aromatic N) is 4. The first kappa shape index (κ1) is 15.7. The molecular weight excluding hydrogens is 320 g/mol. The molecule has 0 unspecified atom stereocenters. The molecule has 2 aliphatic rings. The number of pyridine rings is 1. The van der Waals surface area contributed by atoms with Crippen molar-refractivity contribution in [2.24, 2.45) is 10.2 Å². The number of rotatable bonds is 0. The van der Waals surface area contributed by atoms with Crippen molar-refractivity contribution in [3.63, 3.8) is 0 Å². The molecule has 2 aromatic rings. The standard InChI is InChI=1S/C18H18N4O3/c1-18(2,3)25-17(24)22-8-7-10-13(9-22)19-12-6-4-5-11-14(12)15(10)20-21-16(11)23/h4-6H,7-9H2,1-3H3. The maximum Gasteiger partial charge on any atom is 0.410 e. The molecule has 2 amide bonds. The first-order valence-corrected chi connectivity index (χ1v) is 8.22. The molecule has 4 rings (SSSR count). The summed E-state index contributed by atoms with van der Waals surface area (Å²) in [7, 11) is 0. The van der Waals surface area contributed by atoms with E-state index < -0.39 is 5.60 Å². The summed E-state index contributed by atoms with van der Waals surface area (Å²) in [6, 6.07) is 5.38. The SMILES string of the molecule is CC(C)(C)OC(=O)N1CCc2c(nc3cccc4c3c2N=NC4=O)C1. The topological polar surface area (TPSA) is 84.2 Å². The summed E-state index contributed by atoms with van der Waals surface area (Å²) in [5.74, 6) is -0.342. The van der Waals surface area contributed by atoms with Crippen LogP contribution in [0.2, 0.25) is 0 Å². The van der Waals surface area contributed by atoms with Gasteiger partial charge in [-0.3, -0.25) is 9.78 Å². The number of azo groups is 1. The van der Waals surface area contributed by atoms with E-state index in [2.05, 4.69) is 15.2 Å². The molecule has 128 valence electrons. The van der Waals surface area contributed by atoms with Gasteiger partial charge in [0.15, 0.2) is 0 Å². The van der Waals surface area contributed by atoms with E-state index in [1.165, 1.54) is 0 Å². The Labute approximate surface area is 144 Å². The van der Waals surface area contributed by atoms with E-state index in [-0.39, 0.29) is 12.0 Å². The van der Waals surface area contributed by atoms with E-state index in [9.17, 15) is 9.59 Å². The normalized spacial score (nSPS) is 16.1. The summed E-state index contributed by atoms with van der Waals surface area (Å²) < 4.78 is 5.45. The zero-order valence-electron chi connectivity index (χ0n) is 14.4. The lowest BCUT2D eigenvalue weighted by Crippen LogP contribution is -2.40. The average molecular weight is 338 g/mol. The van der Waals surface area contributed by atoms with Gasteiger partial charge >= 0.3 is 6.09 Å². The molecule has 0 atom stereocenters. The molecule has 0 aliphatic carbocycles. The van der Waals surface area contributed by atoms with Crippen LogP contribution in [0.25, 0.3) is 10.9 Å². The monoisotopic (exact) mass is 338 g/mol. The molecule has 0 saturated heterocycles. The number of carbonyl (C=O) groups excluding carboxylic acids is 2. The maximum atomic E-state index is 12.3. The lowest BCUT2D eigenvalue weighted by Gasteiger charge is -2.31. The number of hydrogen-bond acceptors (Lipinski definition) is 5. The van der Waals surface area contributed by atoms with Crippen molar-refractivity contribution in [1.29, 1.82) is 0 Å². The van der Waals surface area contributed by atoms with Crippen LogP contribution in [0.3, 0.4) is 0 Å². The number of fused-ring (bicyclic) bond motifs is 2. The molecule has 0 radical (unpaired) electrons. The molecule has 7 heteroatoms. The van der Waals surface area contributed by atoms with Crippen LogP contribution in [0.1, 0.15) is 42.4 Å². The number of hydrogen-bond donors (Lipinski definition) is 0. The van der Waals surface area contributed by atoms with Gasteiger partial charge in [0.25, 0.3) is 5.91 Å². The Kier molecular flexibility index (Phi) is 3.35. The van der Waals surface area contributed by atoms with E-state index in [0.29, 0.717) is 36.3 Å². The van der Waals surface area contributed by atoms with Crippen molar-refractivity contribution >= 4 is 28.6 Å². The van der Waals surface area contributed by atoms with Crippen LogP contribution < -0.4 is 0 Å². The van der Waals surface area contributed by atoms with Gasteiger partial charge in [0.05, 0.1) is 23.3 Å². The first-order valence-electron chi connectivity index (χ1n) is 8.22. The van der Waals surface area contributed by atoms with Gasteiger partial charge in [-0.05, 0) is 39.3 Å². The maximum absolute atomic E-state index is 12.3. The fraction of sp³-hybridized carbons (Fsp3) is 0.389. The number of benzene rings is 1. The van der Waals surface area contributed by atoms with Crippen LogP contribution in [0.4, 0.5) is 10.5 Å². The second-order valence-electron chi connectivity index (χ2n) is 7.24. The van der Waals surface area contributed by atoms with Crippen LogP contribution >= 0.6 is 0 Å². The quantitative estimate of drug-likeness (QED) is 0.732. The molecule has 0 fully saturated rings. The van der Waals surface area contributed by atoms with E-state index in [1.807, 2.05) is 26.8 Å². The van der Waals surface area contributed by atoms with Crippen molar-refractivity contribution in [3.8, 4) is 0 Å². The Hall–Kier alpha value is -2.83. The lowest BCUT2D eigenvalue weighted by molar-refractivity contribution is 0.0221. The van der Waals surface area contributed by atoms with Crippen LogP contribution in [-0.4, -0.2) is 34.0 Å². The Bertz CT molecular complexity index is 943. The van der Waals surface area contributed by atoms with Crippen LogP contribution in [0.5, 0.6) is 0 Å². The number of aromatic nitrogens is 1. The van der Waals surface area contributed by atoms with Gasteiger partial charge in [0.2, 0.25) is 0 Å². The Morgan fingerprint density at radius 3 is 2.80 bits per heavy atom. The fourth-order valence-corrected chi connectivity index (χ4v) is 3.20. The minimum atomic E-state index is -0.538. The van der Waals surface area contributed by atoms with E-state index in [0.717, 1.165) is 16.6 Å². The van der Waals surface area contributed by atoms with Crippen molar-refractivity contribution in [1.82, 2.24) is 9.88 Å². The van der Waals surface area contributed by atoms with E-state index in [1.54, 1.807) is 17.0 Å². The van der Waals surface area contributed by atoms with Crippen molar-refractivity contribution in [2.75, 3.05) is 6.54 Å². The Morgan fingerprint density at radius 1 is 1.24 bits per heavy atom. The minimum Gasteiger partial charge on any atom is -0.444 e. The predicted molar refractivity (Wildman–Crippen MR) is 90.9 cm³/mol. The molecule has 1 aromatic carbocycles. The third-order valence-corrected chi connectivity index (χ3v) is 4.26. The molecule has 0 bridgehead atoms. The largest absolute Gasteiger partial charge is 0.444 e. The predicted octanol–water partition coefficient (Wildman–Crippen LogP) is 3.77. The van der Waals surface area contributed by atoms with E-state index in [4.69, 9.17) is 4.74 Å². The summed E-state index contributed by atoms with van der Waals surface area (Å²) in [6.07, 6.45) is 0.258. The summed E-state index contributed by atoms with van der Waals surface area (Å²) in [6.45, 7) is 6.42. The van der Waals surface area contributed by atoms with Crippen LogP contribution in [0, 0.1) is 0 Å². The average Bonchev–Trinajstić information content (AvgIpc) is 2.55. The molecule has 2 aliphatic heterocycles. The number of carbonyl (C=O) groups is 2. The molecular formula is C18H18N4O3. The second kappa shape index (κ2) is 5.34. The van der Waals surface area contributed by atoms with Crippen LogP contribution in [0.15, 0.2) is 28.4 Å². The fourth-order valence-electron chi connectivity index (χ4n) is 3.20. The Morgan fingerprint density at radius 2 is 2.04 bits per heavy atom. The van der Waals surface area contributed by atoms with Gasteiger partial charge in [0, 0.05) is 17.5 Å². The minimum absolute atomic E-state index is 0.342. The van der Waals surface area contributed by atoms with Gasteiger partial charge in [-0.1, -0.05) is 6.07 Å². The summed E-state index contributed by atoms with van der Waals surface area (Å²) >= 11 is 0. The Balaban J connectivity index is 1.76. The first-order chi connectivity index (χ1) is 11.8. The van der Waals surface area contributed by atoms with Crippen molar-refractivity contribution in [3.05, 3.63) is 35.0 Å². The number of amides is 2. The highest BCUT2D eigenvalue weighted by Crippen LogP contribution is 2.39. The zero-order valence-corrected chi connectivity index (χ0v) is 14.4. The third kappa shape index (κ3) is 2.65.